The van der Waals surface area contributed by atoms with Gasteiger partial charge in [0, 0.05) is 23.2 Å². The van der Waals surface area contributed by atoms with Gasteiger partial charge in [0.2, 0.25) is 0 Å². The van der Waals surface area contributed by atoms with Gasteiger partial charge in [0.1, 0.15) is 6.04 Å². The third-order valence-electron chi connectivity index (χ3n) is 4.91. The van der Waals surface area contributed by atoms with Crippen molar-refractivity contribution < 1.29 is 29.4 Å². The third-order valence-corrected chi connectivity index (χ3v) is 4.91. The molecular weight excluding hydrogens is 424 g/mol. The first-order valence-corrected chi connectivity index (χ1v) is 10.2. The number of carbonyl (C=O) groups excluding carboxylic acids is 2. The molecule has 0 saturated carbocycles. The number of carbonyl (C=O) groups is 4. The number of hydrogen-bond acceptors (Lipinski definition) is 4. The number of amides is 2. The molecule has 3 aromatic carbocycles. The number of hydrogen-bond donors (Lipinski definition) is 4. The predicted molar refractivity (Wildman–Crippen MR) is 122 cm³/mol. The zero-order valence-electron chi connectivity index (χ0n) is 17.5. The Morgan fingerprint density at radius 2 is 1.24 bits per heavy atom. The van der Waals surface area contributed by atoms with Gasteiger partial charge in [-0.05, 0) is 53.9 Å². The van der Waals surface area contributed by atoms with Crippen molar-refractivity contribution in [3.63, 3.8) is 0 Å². The number of anilines is 1. The lowest BCUT2D eigenvalue weighted by atomic mass is 10.0. The normalized spacial score (nSPS) is 11.3. The fourth-order valence-electron chi connectivity index (χ4n) is 3.12. The molecule has 0 bridgehead atoms. The summed E-state index contributed by atoms with van der Waals surface area (Å²) in [6.45, 7) is 0. The lowest BCUT2D eigenvalue weighted by Gasteiger charge is -2.14. The van der Waals surface area contributed by atoms with Crippen LogP contribution in [-0.2, 0) is 9.59 Å². The Balaban J connectivity index is 1.63. The molecule has 0 saturated heterocycles. The van der Waals surface area contributed by atoms with Crippen LogP contribution in [0.3, 0.4) is 0 Å². The molecule has 0 aliphatic carbocycles. The zero-order valence-corrected chi connectivity index (χ0v) is 17.5. The number of aliphatic carboxylic acids is 2. The molecule has 0 aliphatic rings. The van der Waals surface area contributed by atoms with E-state index in [1.54, 1.807) is 60.7 Å². The van der Waals surface area contributed by atoms with Crippen LogP contribution in [0.5, 0.6) is 0 Å². The van der Waals surface area contributed by atoms with E-state index in [-0.39, 0.29) is 24.3 Å². The molecule has 0 fully saturated rings. The molecule has 8 heteroatoms. The molecule has 33 heavy (non-hydrogen) atoms. The summed E-state index contributed by atoms with van der Waals surface area (Å²) in [6, 6.07) is 21.4. The van der Waals surface area contributed by atoms with Gasteiger partial charge >= 0.3 is 11.9 Å². The van der Waals surface area contributed by atoms with Crippen molar-refractivity contribution in [2.45, 2.75) is 18.9 Å². The smallest absolute Gasteiger partial charge is 0.326 e. The third kappa shape index (κ3) is 6.51. The summed E-state index contributed by atoms with van der Waals surface area (Å²) in [5, 5.41) is 23.1. The van der Waals surface area contributed by atoms with Gasteiger partial charge in [-0.1, -0.05) is 42.5 Å². The molecule has 8 nitrogen and oxygen atoms in total. The van der Waals surface area contributed by atoms with Crippen molar-refractivity contribution in [2.75, 3.05) is 5.32 Å². The van der Waals surface area contributed by atoms with Crippen LogP contribution in [0.4, 0.5) is 5.69 Å². The number of carboxylic acids is 2. The maximum Gasteiger partial charge on any atom is 0.326 e. The molecule has 3 aromatic rings. The molecule has 1 unspecified atom stereocenters. The second-order valence-corrected chi connectivity index (χ2v) is 7.27. The molecule has 1 atom stereocenters. The second kappa shape index (κ2) is 10.7. The summed E-state index contributed by atoms with van der Waals surface area (Å²) in [5.74, 6) is -3.23. The first-order chi connectivity index (χ1) is 15.8. The molecule has 4 N–H and O–H groups in total. The van der Waals surface area contributed by atoms with Crippen molar-refractivity contribution in [3.05, 3.63) is 90.0 Å². The minimum atomic E-state index is -1.29. The Kier molecular flexibility index (Phi) is 7.54. The van der Waals surface area contributed by atoms with Gasteiger partial charge in [-0.15, -0.1) is 0 Å². The van der Waals surface area contributed by atoms with Crippen molar-refractivity contribution in [2.24, 2.45) is 0 Å². The van der Waals surface area contributed by atoms with Crippen LogP contribution in [0.25, 0.3) is 11.1 Å². The Bertz CT molecular complexity index is 1140. The maximum absolute atomic E-state index is 12.4. The predicted octanol–water partition coefficient (Wildman–Crippen LogP) is 3.65. The topological polar surface area (TPSA) is 133 Å². The van der Waals surface area contributed by atoms with Crippen molar-refractivity contribution in [1.82, 2.24) is 5.32 Å². The number of nitrogens with one attached hydrogen (secondary N) is 2. The summed E-state index contributed by atoms with van der Waals surface area (Å²) >= 11 is 0. The average molecular weight is 446 g/mol. The van der Waals surface area contributed by atoms with E-state index in [2.05, 4.69) is 10.6 Å². The maximum atomic E-state index is 12.4. The standard InChI is InChI=1S/C25H22N2O6/c28-22(29)15-14-21(25(32)33)27-24(31)19-8-6-16(7-9-19)17-10-12-20(13-11-17)26-23(30)18-4-2-1-3-5-18/h1-13,21H,14-15H2,(H,26,30)(H,27,31)(H,28,29)(H,32,33). The van der Waals surface area contributed by atoms with Crippen LogP contribution < -0.4 is 10.6 Å². The van der Waals surface area contributed by atoms with Crippen molar-refractivity contribution in [3.8, 4) is 11.1 Å². The van der Waals surface area contributed by atoms with E-state index in [0.29, 0.717) is 11.3 Å². The quantitative estimate of drug-likeness (QED) is 0.397. The monoisotopic (exact) mass is 446 g/mol. The molecule has 0 spiro atoms. The van der Waals surface area contributed by atoms with Gasteiger partial charge in [-0.25, -0.2) is 4.79 Å². The highest BCUT2D eigenvalue weighted by Gasteiger charge is 2.21. The first kappa shape index (κ1) is 23.2. The van der Waals surface area contributed by atoms with Gasteiger partial charge in [-0.2, -0.15) is 0 Å². The highest BCUT2D eigenvalue weighted by Crippen LogP contribution is 2.22. The lowest BCUT2D eigenvalue weighted by Crippen LogP contribution is -2.41. The lowest BCUT2D eigenvalue weighted by molar-refractivity contribution is -0.140. The van der Waals surface area contributed by atoms with E-state index < -0.39 is 23.9 Å². The largest absolute Gasteiger partial charge is 0.481 e. The molecular formula is C25H22N2O6. The minimum Gasteiger partial charge on any atom is -0.481 e. The molecule has 0 heterocycles. The average Bonchev–Trinajstić information content (AvgIpc) is 2.82. The van der Waals surface area contributed by atoms with Crippen LogP contribution in [0.15, 0.2) is 78.9 Å². The van der Waals surface area contributed by atoms with E-state index in [1.807, 2.05) is 18.2 Å². The molecule has 168 valence electrons. The molecule has 0 radical (unpaired) electrons. The molecule has 0 aromatic heterocycles. The van der Waals surface area contributed by atoms with E-state index in [0.717, 1.165) is 11.1 Å². The zero-order chi connectivity index (χ0) is 23.8. The van der Waals surface area contributed by atoms with Gasteiger partial charge < -0.3 is 20.8 Å². The second-order valence-electron chi connectivity index (χ2n) is 7.27. The van der Waals surface area contributed by atoms with Crippen LogP contribution in [0, 0.1) is 0 Å². The number of benzene rings is 3. The van der Waals surface area contributed by atoms with Gasteiger partial charge in [0.15, 0.2) is 0 Å². The Labute approximate surface area is 189 Å². The molecule has 2 amide bonds. The van der Waals surface area contributed by atoms with E-state index in [1.165, 1.54) is 0 Å². The molecule has 0 aliphatic heterocycles. The minimum absolute atomic E-state index is 0.207. The fourth-order valence-corrected chi connectivity index (χ4v) is 3.12. The number of carboxylic acid groups (broad SMARTS) is 2. The fraction of sp³-hybridized carbons (Fsp3) is 0.120. The van der Waals surface area contributed by atoms with Crippen LogP contribution in [-0.4, -0.2) is 40.0 Å². The highest BCUT2D eigenvalue weighted by atomic mass is 16.4. The van der Waals surface area contributed by atoms with Crippen molar-refractivity contribution in [1.29, 1.82) is 0 Å². The van der Waals surface area contributed by atoms with E-state index in [9.17, 15) is 24.3 Å². The van der Waals surface area contributed by atoms with Crippen LogP contribution in [0.1, 0.15) is 33.6 Å². The Morgan fingerprint density at radius 3 is 1.79 bits per heavy atom. The van der Waals surface area contributed by atoms with Crippen LogP contribution in [0.2, 0.25) is 0 Å². The number of rotatable bonds is 9. The highest BCUT2D eigenvalue weighted by molar-refractivity contribution is 6.04. The van der Waals surface area contributed by atoms with Crippen molar-refractivity contribution >= 4 is 29.4 Å². The van der Waals surface area contributed by atoms with E-state index >= 15 is 0 Å². The van der Waals surface area contributed by atoms with E-state index in [4.69, 9.17) is 5.11 Å². The summed E-state index contributed by atoms with van der Waals surface area (Å²) in [5.41, 5.74) is 3.15. The summed E-state index contributed by atoms with van der Waals surface area (Å²) < 4.78 is 0. The summed E-state index contributed by atoms with van der Waals surface area (Å²) in [6.07, 6.45) is -0.570. The van der Waals surface area contributed by atoms with Gasteiger partial charge in [-0.3, -0.25) is 14.4 Å². The summed E-state index contributed by atoms with van der Waals surface area (Å²) in [7, 11) is 0. The van der Waals surface area contributed by atoms with Gasteiger partial charge in [0.25, 0.3) is 11.8 Å². The summed E-state index contributed by atoms with van der Waals surface area (Å²) in [4.78, 5) is 46.5. The first-order valence-electron chi connectivity index (χ1n) is 10.2. The Morgan fingerprint density at radius 1 is 0.697 bits per heavy atom. The Hall–Kier alpha value is -4.46. The van der Waals surface area contributed by atoms with Crippen LogP contribution >= 0.6 is 0 Å². The SMILES string of the molecule is O=C(O)CCC(NC(=O)c1ccc(-c2ccc(NC(=O)c3ccccc3)cc2)cc1)C(=O)O. The molecule has 3 rings (SSSR count). The van der Waals surface area contributed by atoms with Gasteiger partial charge in [0.05, 0.1) is 0 Å².